The van der Waals surface area contributed by atoms with Crippen molar-refractivity contribution >= 4 is 24.5 Å². The van der Waals surface area contributed by atoms with Crippen molar-refractivity contribution in [1.82, 2.24) is 9.80 Å². The summed E-state index contributed by atoms with van der Waals surface area (Å²) < 4.78 is 5.32. The minimum Gasteiger partial charge on any atom is -0.480 e. The third-order valence-corrected chi connectivity index (χ3v) is 4.47. The molecule has 1 N–H and O–H groups in total. The van der Waals surface area contributed by atoms with E-state index in [1.807, 2.05) is 65.6 Å². The molecular weight excluding hydrogens is 368 g/mol. The third kappa shape index (κ3) is 5.70. The van der Waals surface area contributed by atoms with E-state index < -0.39 is 18.1 Å². The van der Waals surface area contributed by atoms with Crippen LogP contribution in [0.1, 0.15) is 11.1 Å². The van der Waals surface area contributed by atoms with Crippen molar-refractivity contribution < 1.29 is 19.4 Å². The third-order valence-electron chi connectivity index (χ3n) is 4.47. The van der Waals surface area contributed by atoms with Crippen LogP contribution in [0.15, 0.2) is 60.7 Å². The highest BCUT2D eigenvalue weighted by Gasteiger charge is 2.34. The standard InChI is InChI=1S/C20H22N2O4.ClH/c23-19(24)18-14-22(20(25)26-15-17-9-5-2-6-10-17)12-11-21(18)13-16-7-3-1-4-8-16;/h1-10,18H,11-15H2,(H,23,24);1H. The first kappa shape index (κ1) is 20.7. The number of hydrogen-bond donors (Lipinski definition) is 1. The summed E-state index contributed by atoms with van der Waals surface area (Å²) in [6.45, 7) is 1.79. The van der Waals surface area contributed by atoms with Crippen LogP contribution < -0.4 is 0 Å². The normalized spacial score (nSPS) is 17.0. The lowest BCUT2D eigenvalue weighted by Gasteiger charge is -2.38. The predicted octanol–water partition coefficient (Wildman–Crippen LogP) is 3.02. The van der Waals surface area contributed by atoms with Crippen LogP contribution in [0.2, 0.25) is 0 Å². The maximum absolute atomic E-state index is 12.3. The van der Waals surface area contributed by atoms with Gasteiger partial charge in [0.25, 0.3) is 0 Å². The number of carbonyl (C=O) groups is 2. The molecule has 1 saturated heterocycles. The van der Waals surface area contributed by atoms with Gasteiger partial charge in [-0.3, -0.25) is 9.69 Å². The number of piperazine rings is 1. The number of amides is 1. The molecule has 27 heavy (non-hydrogen) atoms. The SMILES string of the molecule is Cl.O=C(O)C1CN(C(=O)OCc2ccccc2)CCN1Cc1ccccc1. The molecule has 2 aromatic rings. The Morgan fingerprint density at radius 3 is 2.15 bits per heavy atom. The van der Waals surface area contributed by atoms with Crippen molar-refractivity contribution in [3.8, 4) is 0 Å². The first-order valence-electron chi connectivity index (χ1n) is 8.60. The Bertz CT molecular complexity index is 742. The van der Waals surface area contributed by atoms with E-state index in [1.165, 1.54) is 4.90 Å². The smallest absolute Gasteiger partial charge is 0.410 e. The number of halogens is 1. The molecule has 0 bridgehead atoms. The van der Waals surface area contributed by atoms with Crippen LogP contribution in [0, 0.1) is 0 Å². The molecular formula is C20H23ClN2O4. The highest BCUT2D eigenvalue weighted by Crippen LogP contribution is 2.16. The molecule has 2 aromatic carbocycles. The van der Waals surface area contributed by atoms with Gasteiger partial charge in [0.05, 0.1) is 6.54 Å². The van der Waals surface area contributed by atoms with E-state index in [0.717, 1.165) is 11.1 Å². The van der Waals surface area contributed by atoms with E-state index >= 15 is 0 Å². The Morgan fingerprint density at radius 1 is 0.963 bits per heavy atom. The molecule has 0 saturated carbocycles. The van der Waals surface area contributed by atoms with Crippen LogP contribution in [0.5, 0.6) is 0 Å². The summed E-state index contributed by atoms with van der Waals surface area (Å²) in [4.78, 5) is 27.3. The maximum atomic E-state index is 12.3. The molecule has 1 atom stereocenters. The van der Waals surface area contributed by atoms with Crippen LogP contribution in [0.25, 0.3) is 0 Å². The number of carboxylic acids is 1. The summed E-state index contributed by atoms with van der Waals surface area (Å²) in [6.07, 6.45) is -0.473. The van der Waals surface area contributed by atoms with Gasteiger partial charge in [0.15, 0.2) is 0 Å². The Hall–Kier alpha value is -2.57. The Labute approximate surface area is 164 Å². The number of benzene rings is 2. The number of carboxylic acid groups (broad SMARTS) is 1. The van der Waals surface area contributed by atoms with E-state index in [9.17, 15) is 14.7 Å². The number of ether oxygens (including phenoxy) is 1. The van der Waals surface area contributed by atoms with Gasteiger partial charge in [-0.05, 0) is 11.1 Å². The molecule has 0 aliphatic carbocycles. The van der Waals surface area contributed by atoms with Crippen LogP contribution in [-0.2, 0) is 22.7 Å². The average molecular weight is 391 g/mol. The van der Waals surface area contributed by atoms with Crippen molar-refractivity contribution in [2.75, 3.05) is 19.6 Å². The molecule has 0 spiro atoms. The molecule has 6 nitrogen and oxygen atoms in total. The van der Waals surface area contributed by atoms with E-state index in [1.54, 1.807) is 0 Å². The molecule has 1 aliphatic heterocycles. The van der Waals surface area contributed by atoms with Gasteiger partial charge in [0.2, 0.25) is 0 Å². The average Bonchev–Trinajstić information content (AvgIpc) is 2.68. The van der Waals surface area contributed by atoms with Gasteiger partial charge < -0.3 is 14.7 Å². The summed E-state index contributed by atoms with van der Waals surface area (Å²) >= 11 is 0. The van der Waals surface area contributed by atoms with Crippen LogP contribution in [0.4, 0.5) is 4.79 Å². The molecule has 3 rings (SSSR count). The monoisotopic (exact) mass is 390 g/mol. The van der Waals surface area contributed by atoms with E-state index in [2.05, 4.69) is 0 Å². The zero-order valence-electron chi connectivity index (χ0n) is 14.9. The summed E-state index contributed by atoms with van der Waals surface area (Å²) in [7, 11) is 0. The fraction of sp³-hybridized carbons (Fsp3) is 0.300. The van der Waals surface area contributed by atoms with Gasteiger partial charge in [0, 0.05) is 19.6 Å². The lowest BCUT2D eigenvalue weighted by molar-refractivity contribution is -0.145. The van der Waals surface area contributed by atoms with Gasteiger partial charge >= 0.3 is 12.1 Å². The zero-order valence-corrected chi connectivity index (χ0v) is 15.7. The van der Waals surface area contributed by atoms with Crippen LogP contribution in [0.3, 0.4) is 0 Å². The zero-order chi connectivity index (χ0) is 18.4. The molecule has 1 amide bonds. The first-order chi connectivity index (χ1) is 12.6. The molecule has 0 aromatic heterocycles. The number of hydrogen-bond acceptors (Lipinski definition) is 4. The highest BCUT2D eigenvalue weighted by atomic mass is 35.5. The number of rotatable bonds is 5. The van der Waals surface area contributed by atoms with Crippen LogP contribution in [-0.4, -0.2) is 52.6 Å². The summed E-state index contributed by atoms with van der Waals surface area (Å²) in [5, 5.41) is 9.57. The van der Waals surface area contributed by atoms with Crippen molar-refractivity contribution in [1.29, 1.82) is 0 Å². The summed E-state index contributed by atoms with van der Waals surface area (Å²) in [6, 6.07) is 18.4. The van der Waals surface area contributed by atoms with Gasteiger partial charge in [-0.15, -0.1) is 12.4 Å². The number of nitrogens with zero attached hydrogens (tertiary/aromatic N) is 2. The minimum absolute atomic E-state index is 0. The van der Waals surface area contributed by atoms with Crippen molar-refractivity contribution in [3.05, 3.63) is 71.8 Å². The molecule has 0 radical (unpaired) electrons. The van der Waals surface area contributed by atoms with Gasteiger partial charge in [-0.2, -0.15) is 0 Å². The van der Waals surface area contributed by atoms with E-state index in [0.29, 0.717) is 19.6 Å². The fourth-order valence-electron chi connectivity index (χ4n) is 3.04. The number of carbonyl (C=O) groups excluding carboxylic acids is 1. The Kier molecular flexibility index (Phi) is 7.64. The predicted molar refractivity (Wildman–Crippen MR) is 104 cm³/mol. The molecule has 7 heteroatoms. The molecule has 1 heterocycles. The first-order valence-corrected chi connectivity index (χ1v) is 8.60. The maximum Gasteiger partial charge on any atom is 0.410 e. The fourth-order valence-corrected chi connectivity index (χ4v) is 3.04. The quantitative estimate of drug-likeness (QED) is 0.849. The second-order valence-electron chi connectivity index (χ2n) is 6.30. The van der Waals surface area contributed by atoms with Gasteiger partial charge in [-0.1, -0.05) is 60.7 Å². The molecule has 1 unspecified atom stereocenters. The molecule has 144 valence electrons. The summed E-state index contributed by atoms with van der Waals surface area (Å²) in [5.41, 5.74) is 1.96. The minimum atomic E-state index is -0.929. The Balaban J connectivity index is 0.00000261. The summed E-state index contributed by atoms with van der Waals surface area (Å²) in [5.74, 6) is -0.929. The lowest BCUT2D eigenvalue weighted by atomic mass is 10.1. The van der Waals surface area contributed by atoms with Crippen LogP contribution >= 0.6 is 12.4 Å². The number of aliphatic carboxylic acids is 1. The second-order valence-corrected chi connectivity index (χ2v) is 6.30. The molecule has 1 fully saturated rings. The second kappa shape index (κ2) is 9.94. The van der Waals surface area contributed by atoms with E-state index in [4.69, 9.17) is 4.74 Å². The van der Waals surface area contributed by atoms with Crippen molar-refractivity contribution in [2.45, 2.75) is 19.2 Å². The lowest BCUT2D eigenvalue weighted by Crippen LogP contribution is -2.57. The van der Waals surface area contributed by atoms with Crippen molar-refractivity contribution in [3.63, 3.8) is 0 Å². The molecule has 1 aliphatic rings. The van der Waals surface area contributed by atoms with Crippen molar-refractivity contribution in [2.24, 2.45) is 0 Å². The van der Waals surface area contributed by atoms with E-state index in [-0.39, 0.29) is 25.6 Å². The Morgan fingerprint density at radius 2 is 1.56 bits per heavy atom. The van der Waals surface area contributed by atoms with Gasteiger partial charge in [-0.25, -0.2) is 4.79 Å². The van der Waals surface area contributed by atoms with Gasteiger partial charge in [0.1, 0.15) is 12.6 Å². The topological polar surface area (TPSA) is 70.1 Å². The highest BCUT2D eigenvalue weighted by molar-refractivity contribution is 5.85. The largest absolute Gasteiger partial charge is 0.480 e.